The number of nitrogens with two attached hydrogens (primary N) is 1. The second-order valence-electron chi connectivity index (χ2n) is 4.58. The number of rotatable bonds is 4. The van der Waals surface area contributed by atoms with Gasteiger partial charge in [-0.2, -0.15) is 13.2 Å². The highest BCUT2D eigenvalue weighted by molar-refractivity contribution is 5.86. The van der Waals surface area contributed by atoms with E-state index in [4.69, 9.17) is 5.73 Å². The zero-order valence-electron chi connectivity index (χ0n) is 11.2. The van der Waals surface area contributed by atoms with Crippen LogP contribution in [0, 0.1) is 0 Å². The molecule has 0 saturated heterocycles. The Labute approximate surface area is 129 Å². The number of nitrogens with one attached hydrogen (secondary N) is 1. The number of halogens is 4. The summed E-state index contributed by atoms with van der Waals surface area (Å²) in [6.07, 6.45) is -3.00. The van der Waals surface area contributed by atoms with E-state index < -0.39 is 24.8 Å². The Morgan fingerprint density at radius 2 is 2.09 bits per heavy atom. The minimum atomic E-state index is -4.58. The first-order chi connectivity index (χ1) is 9.76. The maximum absolute atomic E-state index is 12.0. The highest BCUT2D eigenvalue weighted by atomic mass is 35.5. The number of phenolic OH excluding ortho intramolecular Hbond substituents is 1. The topological polar surface area (TPSA) is 88.3 Å². The molecule has 22 heavy (non-hydrogen) atoms. The van der Waals surface area contributed by atoms with E-state index in [0.717, 1.165) is 5.52 Å². The molecule has 1 aromatic carbocycles. The zero-order chi connectivity index (χ0) is 15.6. The maximum Gasteiger partial charge on any atom is 0.422 e. The lowest BCUT2D eigenvalue weighted by Gasteiger charge is -2.12. The molecule has 0 aliphatic carbocycles. The van der Waals surface area contributed by atoms with Crippen LogP contribution < -0.4 is 5.73 Å². The molecule has 9 heteroatoms. The van der Waals surface area contributed by atoms with E-state index in [1.54, 1.807) is 12.3 Å². The fourth-order valence-corrected chi connectivity index (χ4v) is 1.92. The number of aromatic amines is 1. The van der Waals surface area contributed by atoms with Gasteiger partial charge in [0.15, 0.2) is 6.61 Å². The summed E-state index contributed by atoms with van der Waals surface area (Å²) in [6.45, 7) is -1.66. The summed E-state index contributed by atoms with van der Waals surface area (Å²) < 4.78 is 40.0. The molecule has 1 atom stereocenters. The molecular formula is C13H14ClF3N2O3. The van der Waals surface area contributed by atoms with Crippen molar-refractivity contribution in [2.45, 2.75) is 18.6 Å². The van der Waals surface area contributed by atoms with Crippen molar-refractivity contribution in [2.75, 3.05) is 6.61 Å². The number of carbonyl (C=O) groups excluding carboxylic acids is 1. The molecule has 0 spiro atoms. The molecule has 0 bridgehead atoms. The summed E-state index contributed by atoms with van der Waals surface area (Å²) in [6, 6.07) is 3.39. The maximum atomic E-state index is 12.0. The van der Waals surface area contributed by atoms with Crippen molar-refractivity contribution in [1.29, 1.82) is 0 Å². The number of benzene rings is 1. The summed E-state index contributed by atoms with van der Waals surface area (Å²) in [5, 5.41) is 10.1. The first kappa shape index (κ1) is 18.1. The number of fused-ring (bicyclic) bond motifs is 1. The smallest absolute Gasteiger partial charge is 0.422 e. The molecule has 5 nitrogen and oxygen atoms in total. The number of carbonyl (C=O) groups is 1. The quantitative estimate of drug-likeness (QED) is 0.746. The van der Waals surface area contributed by atoms with Crippen LogP contribution >= 0.6 is 12.4 Å². The number of esters is 1. The first-order valence-corrected chi connectivity index (χ1v) is 6.04. The molecular weight excluding hydrogens is 325 g/mol. The van der Waals surface area contributed by atoms with Crippen LogP contribution in [0.5, 0.6) is 5.75 Å². The van der Waals surface area contributed by atoms with Gasteiger partial charge in [0.1, 0.15) is 11.8 Å². The van der Waals surface area contributed by atoms with Crippen molar-refractivity contribution in [1.82, 2.24) is 4.98 Å². The number of ether oxygens (including phenoxy) is 1. The number of hydrogen-bond acceptors (Lipinski definition) is 4. The van der Waals surface area contributed by atoms with E-state index >= 15 is 0 Å². The molecule has 1 heterocycles. The molecule has 0 aliphatic heterocycles. The fraction of sp³-hybridized carbons (Fsp3) is 0.308. The van der Waals surface area contributed by atoms with Gasteiger partial charge >= 0.3 is 12.1 Å². The number of aromatic hydroxyl groups is 1. The Hall–Kier alpha value is -1.93. The molecule has 0 aliphatic rings. The first-order valence-electron chi connectivity index (χ1n) is 6.04. The lowest BCUT2D eigenvalue weighted by molar-refractivity contribution is -0.187. The number of phenols is 1. The molecule has 122 valence electrons. The monoisotopic (exact) mass is 338 g/mol. The van der Waals surface area contributed by atoms with E-state index in [-0.39, 0.29) is 24.6 Å². The number of aromatic nitrogens is 1. The van der Waals surface area contributed by atoms with E-state index in [1.165, 1.54) is 12.1 Å². The van der Waals surface area contributed by atoms with Crippen LogP contribution in [0.25, 0.3) is 10.9 Å². The van der Waals surface area contributed by atoms with Gasteiger partial charge in [-0.15, -0.1) is 12.4 Å². The van der Waals surface area contributed by atoms with E-state index in [9.17, 15) is 23.1 Å². The zero-order valence-corrected chi connectivity index (χ0v) is 12.0. The summed E-state index contributed by atoms with van der Waals surface area (Å²) in [4.78, 5) is 14.3. The molecule has 2 aromatic rings. The van der Waals surface area contributed by atoms with Gasteiger partial charge in [-0.1, -0.05) is 0 Å². The molecule has 0 unspecified atom stereocenters. The Balaban J connectivity index is 0.00000242. The van der Waals surface area contributed by atoms with Gasteiger partial charge in [-0.3, -0.25) is 4.79 Å². The van der Waals surface area contributed by atoms with Gasteiger partial charge < -0.3 is 20.6 Å². The SMILES string of the molecule is Cl.N[C@@H](Cc1c[nH]c2ccc(O)cc12)C(=O)OCC(F)(F)F. The molecule has 0 radical (unpaired) electrons. The van der Waals surface area contributed by atoms with Crippen LogP contribution in [-0.4, -0.2) is 34.9 Å². The van der Waals surface area contributed by atoms with Gasteiger partial charge in [0.25, 0.3) is 0 Å². The van der Waals surface area contributed by atoms with E-state index in [2.05, 4.69) is 9.72 Å². The van der Waals surface area contributed by atoms with Crippen molar-refractivity contribution in [2.24, 2.45) is 5.73 Å². The number of hydrogen-bond donors (Lipinski definition) is 3. The predicted molar refractivity (Wildman–Crippen MR) is 75.9 cm³/mol. The molecule has 0 amide bonds. The summed E-state index contributed by atoms with van der Waals surface area (Å²) in [5.74, 6) is -1.08. The molecule has 0 saturated carbocycles. The van der Waals surface area contributed by atoms with Gasteiger partial charge in [0.05, 0.1) is 0 Å². The Bertz CT molecular complexity index is 658. The van der Waals surface area contributed by atoms with Crippen molar-refractivity contribution < 1.29 is 27.8 Å². The highest BCUT2D eigenvalue weighted by Crippen LogP contribution is 2.24. The van der Waals surface area contributed by atoms with Crippen LogP contribution in [0.4, 0.5) is 13.2 Å². The van der Waals surface area contributed by atoms with Gasteiger partial charge in [0.2, 0.25) is 0 Å². The third-order valence-electron chi connectivity index (χ3n) is 2.87. The van der Waals surface area contributed by atoms with Crippen LogP contribution in [0.15, 0.2) is 24.4 Å². The Morgan fingerprint density at radius 1 is 1.41 bits per heavy atom. The molecule has 4 N–H and O–H groups in total. The third kappa shape index (κ3) is 4.54. The minimum absolute atomic E-state index is 0. The van der Waals surface area contributed by atoms with Crippen LogP contribution in [0.2, 0.25) is 0 Å². The Kier molecular flexibility index (Phi) is 5.67. The largest absolute Gasteiger partial charge is 0.508 e. The summed E-state index contributed by atoms with van der Waals surface area (Å²) in [5.41, 5.74) is 6.88. The molecule has 2 rings (SSSR count). The lowest BCUT2D eigenvalue weighted by atomic mass is 10.1. The van der Waals surface area contributed by atoms with Crippen LogP contribution in [-0.2, 0) is 16.0 Å². The second-order valence-corrected chi connectivity index (χ2v) is 4.58. The van der Waals surface area contributed by atoms with Gasteiger partial charge in [-0.25, -0.2) is 0 Å². The van der Waals surface area contributed by atoms with Crippen molar-refractivity contribution in [3.05, 3.63) is 30.0 Å². The van der Waals surface area contributed by atoms with Crippen LogP contribution in [0.3, 0.4) is 0 Å². The van der Waals surface area contributed by atoms with Gasteiger partial charge in [-0.05, 0) is 23.8 Å². The van der Waals surface area contributed by atoms with E-state index in [1.807, 2.05) is 0 Å². The van der Waals surface area contributed by atoms with Crippen molar-refractivity contribution >= 4 is 29.3 Å². The number of alkyl halides is 3. The van der Waals surface area contributed by atoms with E-state index in [0.29, 0.717) is 10.9 Å². The minimum Gasteiger partial charge on any atom is -0.508 e. The normalized spacial score (nSPS) is 12.7. The molecule has 0 fully saturated rings. The lowest BCUT2D eigenvalue weighted by Crippen LogP contribution is -2.36. The fourth-order valence-electron chi connectivity index (χ4n) is 1.92. The average molecular weight is 339 g/mol. The second kappa shape index (κ2) is 6.89. The van der Waals surface area contributed by atoms with Crippen molar-refractivity contribution in [3.8, 4) is 5.75 Å². The van der Waals surface area contributed by atoms with Gasteiger partial charge in [0, 0.05) is 23.5 Å². The Morgan fingerprint density at radius 3 is 2.73 bits per heavy atom. The summed E-state index contributed by atoms with van der Waals surface area (Å²) >= 11 is 0. The van der Waals surface area contributed by atoms with Crippen LogP contribution in [0.1, 0.15) is 5.56 Å². The third-order valence-corrected chi connectivity index (χ3v) is 2.87. The predicted octanol–water partition coefficient (Wildman–Crippen LogP) is 2.27. The molecule has 1 aromatic heterocycles. The standard InChI is InChI=1S/C13H13F3N2O3.ClH/c14-13(15,16)6-21-12(20)10(17)3-7-5-18-11-2-1-8(19)4-9(7)11;/h1-2,4-5,10,18-19H,3,6,17H2;1H/t10-;/m0./s1. The average Bonchev–Trinajstić information content (AvgIpc) is 2.77. The highest BCUT2D eigenvalue weighted by Gasteiger charge is 2.30. The number of H-pyrrole nitrogens is 1. The van der Waals surface area contributed by atoms with Crippen molar-refractivity contribution in [3.63, 3.8) is 0 Å². The summed E-state index contributed by atoms with van der Waals surface area (Å²) in [7, 11) is 0.